The van der Waals surface area contributed by atoms with Gasteiger partial charge in [-0.3, -0.25) is 9.69 Å². The molecule has 0 radical (unpaired) electrons. The molecule has 2 rings (SSSR count). The first-order valence-electron chi connectivity index (χ1n) is 7.57. The van der Waals surface area contributed by atoms with Crippen molar-refractivity contribution in [2.75, 3.05) is 38.2 Å². The number of carbonyl (C=O) groups excluding carboxylic acids is 1. The van der Waals surface area contributed by atoms with Crippen LogP contribution in [0.1, 0.15) is 25.7 Å². The molecule has 1 amide bonds. The van der Waals surface area contributed by atoms with Crippen molar-refractivity contribution in [1.29, 1.82) is 0 Å². The Labute approximate surface area is 131 Å². The minimum absolute atomic E-state index is 0.0928. The number of hydrogen-bond acceptors (Lipinski definition) is 4. The molecule has 1 aliphatic heterocycles. The second-order valence-electron chi connectivity index (χ2n) is 5.68. The topological polar surface area (TPSA) is 41.4 Å². The highest BCUT2D eigenvalue weighted by Gasteiger charge is 2.33. The van der Waals surface area contributed by atoms with Crippen LogP contribution in [0.5, 0.6) is 0 Å². The average molecular weight is 310 g/mol. The van der Waals surface area contributed by atoms with Gasteiger partial charge in [0.1, 0.15) is 5.82 Å². The zero-order valence-corrected chi connectivity index (χ0v) is 14.3. The number of aromatic nitrogens is 2. The Morgan fingerprint density at radius 2 is 2.29 bits per heavy atom. The van der Waals surface area contributed by atoms with Gasteiger partial charge in [-0.25, -0.2) is 4.98 Å². The van der Waals surface area contributed by atoms with Crippen molar-refractivity contribution >= 4 is 17.7 Å². The van der Waals surface area contributed by atoms with Crippen LogP contribution in [0.25, 0.3) is 0 Å². The lowest BCUT2D eigenvalue weighted by Crippen LogP contribution is -2.52. The molecule has 1 saturated heterocycles. The SMILES string of the molecule is CCN1CCN(C(=O)[C@H](C)CSC)C[C@H]1c1nccn1C. The fraction of sp³-hybridized carbons (Fsp3) is 0.733. The summed E-state index contributed by atoms with van der Waals surface area (Å²) in [4.78, 5) is 21.5. The first-order valence-corrected chi connectivity index (χ1v) is 8.96. The van der Waals surface area contributed by atoms with E-state index in [0.717, 1.165) is 37.8 Å². The number of imidazole rings is 1. The third-order valence-corrected chi connectivity index (χ3v) is 5.04. The van der Waals surface area contributed by atoms with Crippen LogP contribution in [0.15, 0.2) is 12.4 Å². The third kappa shape index (κ3) is 3.61. The standard InChI is InChI=1S/C15H26N4OS/c1-5-18-8-9-19(15(20)12(2)11-21-4)10-13(18)14-16-6-7-17(14)3/h6-7,12-13H,5,8-11H2,1-4H3/t12-,13+/m1/s1. The molecule has 0 saturated carbocycles. The lowest BCUT2D eigenvalue weighted by Gasteiger charge is -2.41. The van der Waals surface area contributed by atoms with Crippen molar-refractivity contribution in [3.8, 4) is 0 Å². The molecule has 0 bridgehead atoms. The molecule has 1 aromatic rings. The molecule has 0 spiro atoms. The number of likely N-dealkylation sites (N-methyl/N-ethyl adjacent to an activating group) is 1. The van der Waals surface area contributed by atoms with Crippen molar-refractivity contribution < 1.29 is 4.79 Å². The first kappa shape index (κ1) is 16.4. The minimum Gasteiger partial charge on any atom is -0.339 e. The molecular formula is C15H26N4OS. The molecule has 1 aromatic heterocycles. The molecule has 0 unspecified atom stereocenters. The molecule has 0 aliphatic carbocycles. The number of piperazine rings is 1. The molecular weight excluding hydrogens is 284 g/mol. The fourth-order valence-corrected chi connectivity index (χ4v) is 3.62. The Hall–Kier alpha value is -1.01. The summed E-state index contributed by atoms with van der Waals surface area (Å²) in [5.74, 6) is 2.31. The van der Waals surface area contributed by atoms with Crippen LogP contribution in [-0.4, -0.2) is 63.4 Å². The van der Waals surface area contributed by atoms with E-state index >= 15 is 0 Å². The number of aryl methyl sites for hydroxylation is 1. The van der Waals surface area contributed by atoms with Crippen LogP contribution in [0.4, 0.5) is 0 Å². The van der Waals surface area contributed by atoms with E-state index in [9.17, 15) is 4.79 Å². The van der Waals surface area contributed by atoms with Gasteiger partial charge in [0.15, 0.2) is 0 Å². The Bertz CT molecular complexity index is 476. The van der Waals surface area contributed by atoms with Gasteiger partial charge in [0.05, 0.1) is 6.04 Å². The number of amides is 1. The maximum atomic E-state index is 12.5. The summed E-state index contributed by atoms with van der Waals surface area (Å²) in [6.45, 7) is 7.68. The molecule has 1 aliphatic rings. The van der Waals surface area contributed by atoms with Crippen LogP contribution in [0.2, 0.25) is 0 Å². The Morgan fingerprint density at radius 3 is 2.86 bits per heavy atom. The van der Waals surface area contributed by atoms with Gasteiger partial charge in [0.2, 0.25) is 5.91 Å². The third-order valence-electron chi connectivity index (χ3n) is 4.20. The van der Waals surface area contributed by atoms with Crippen molar-refractivity contribution in [3.05, 3.63) is 18.2 Å². The second-order valence-corrected chi connectivity index (χ2v) is 6.59. The summed E-state index contributed by atoms with van der Waals surface area (Å²) in [5, 5.41) is 0. The number of thioether (sulfide) groups is 1. The van der Waals surface area contributed by atoms with E-state index in [0.29, 0.717) is 0 Å². The first-order chi connectivity index (χ1) is 10.1. The van der Waals surface area contributed by atoms with Crippen LogP contribution in [-0.2, 0) is 11.8 Å². The van der Waals surface area contributed by atoms with Crippen molar-refractivity contribution in [1.82, 2.24) is 19.4 Å². The Morgan fingerprint density at radius 1 is 1.52 bits per heavy atom. The van der Waals surface area contributed by atoms with E-state index in [1.54, 1.807) is 11.8 Å². The van der Waals surface area contributed by atoms with Gasteiger partial charge in [-0.05, 0) is 12.8 Å². The van der Waals surface area contributed by atoms with Crippen LogP contribution in [0, 0.1) is 5.92 Å². The van der Waals surface area contributed by atoms with E-state index in [1.807, 2.05) is 31.3 Å². The van der Waals surface area contributed by atoms with Gasteiger partial charge in [-0.1, -0.05) is 13.8 Å². The number of hydrogen-bond donors (Lipinski definition) is 0. The summed E-state index contributed by atoms with van der Waals surface area (Å²) >= 11 is 1.73. The normalized spacial score (nSPS) is 21.5. The quantitative estimate of drug-likeness (QED) is 0.829. The second kappa shape index (κ2) is 7.31. The van der Waals surface area contributed by atoms with Crippen LogP contribution < -0.4 is 0 Å². The molecule has 6 heteroatoms. The summed E-state index contributed by atoms with van der Waals surface area (Å²) < 4.78 is 2.06. The lowest BCUT2D eigenvalue weighted by molar-refractivity contribution is -0.137. The van der Waals surface area contributed by atoms with Gasteiger partial charge < -0.3 is 9.47 Å². The number of carbonyl (C=O) groups is 1. The van der Waals surface area contributed by atoms with Crippen LogP contribution in [0.3, 0.4) is 0 Å². The fourth-order valence-electron chi connectivity index (χ4n) is 2.98. The Balaban J connectivity index is 2.12. The summed E-state index contributed by atoms with van der Waals surface area (Å²) in [5.41, 5.74) is 0. The highest BCUT2D eigenvalue weighted by atomic mass is 32.2. The average Bonchev–Trinajstić information content (AvgIpc) is 2.92. The molecule has 21 heavy (non-hydrogen) atoms. The predicted octanol–water partition coefficient (Wildman–Crippen LogP) is 1.62. The summed E-state index contributed by atoms with van der Waals surface area (Å²) in [7, 11) is 2.02. The van der Waals surface area contributed by atoms with E-state index in [4.69, 9.17) is 0 Å². The van der Waals surface area contributed by atoms with E-state index in [2.05, 4.69) is 27.6 Å². The highest BCUT2D eigenvalue weighted by molar-refractivity contribution is 7.98. The van der Waals surface area contributed by atoms with Gasteiger partial charge in [0.25, 0.3) is 0 Å². The van der Waals surface area contributed by atoms with E-state index in [1.165, 1.54) is 0 Å². The minimum atomic E-state index is 0.0928. The van der Waals surface area contributed by atoms with Gasteiger partial charge in [0, 0.05) is 50.7 Å². The molecule has 0 aromatic carbocycles. The summed E-state index contributed by atoms with van der Waals surface area (Å²) in [6, 6.07) is 0.203. The molecule has 2 heterocycles. The van der Waals surface area contributed by atoms with E-state index in [-0.39, 0.29) is 17.9 Å². The van der Waals surface area contributed by atoms with Crippen molar-refractivity contribution in [2.24, 2.45) is 13.0 Å². The van der Waals surface area contributed by atoms with Crippen molar-refractivity contribution in [2.45, 2.75) is 19.9 Å². The maximum Gasteiger partial charge on any atom is 0.226 e. The zero-order chi connectivity index (χ0) is 15.4. The smallest absolute Gasteiger partial charge is 0.226 e. The molecule has 1 fully saturated rings. The molecule has 2 atom stereocenters. The number of rotatable bonds is 5. The van der Waals surface area contributed by atoms with Gasteiger partial charge >= 0.3 is 0 Å². The monoisotopic (exact) mass is 310 g/mol. The predicted molar refractivity (Wildman–Crippen MR) is 87.3 cm³/mol. The molecule has 5 nitrogen and oxygen atoms in total. The molecule has 118 valence electrons. The van der Waals surface area contributed by atoms with Gasteiger partial charge in [-0.15, -0.1) is 0 Å². The maximum absolute atomic E-state index is 12.5. The van der Waals surface area contributed by atoms with Crippen LogP contribution >= 0.6 is 11.8 Å². The zero-order valence-electron chi connectivity index (χ0n) is 13.5. The summed E-state index contributed by atoms with van der Waals surface area (Å²) in [6.07, 6.45) is 5.86. The van der Waals surface area contributed by atoms with Crippen molar-refractivity contribution in [3.63, 3.8) is 0 Å². The Kier molecular flexibility index (Phi) is 5.70. The lowest BCUT2D eigenvalue weighted by atomic mass is 10.1. The molecule has 0 N–H and O–H groups in total. The highest BCUT2D eigenvalue weighted by Crippen LogP contribution is 2.25. The van der Waals surface area contributed by atoms with Gasteiger partial charge in [-0.2, -0.15) is 11.8 Å². The number of nitrogens with zero attached hydrogens (tertiary/aromatic N) is 4. The largest absolute Gasteiger partial charge is 0.339 e. The van der Waals surface area contributed by atoms with E-state index < -0.39 is 0 Å².